The Hall–Kier alpha value is -2.84. The molecule has 1 saturated carbocycles. The standard InChI is InChI=1S/C20H14N4O2S2/c25-28(26)8-15(11-1-2-11)13-6-16-14(7-19(13)28)20(22-9-21-16)24-12-3-4-18-17(5-12)23-10-27-18/h3-11H,1-2H2,(H,21,22,24). The predicted octanol–water partition coefficient (Wildman–Crippen LogP) is 4.52. The smallest absolute Gasteiger partial charge is 0.200 e. The van der Waals surface area contributed by atoms with Crippen molar-refractivity contribution in [2.24, 2.45) is 5.92 Å². The second kappa shape index (κ2) is 5.59. The molecule has 2 aromatic heterocycles. The van der Waals surface area contributed by atoms with Gasteiger partial charge in [-0.05, 0) is 60.2 Å². The molecule has 1 fully saturated rings. The van der Waals surface area contributed by atoms with Crippen molar-refractivity contribution in [1.82, 2.24) is 15.0 Å². The fraction of sp³-hybridized carbons (Fsp3) is 0.150. The van der Waals surface area contributed by atoms with Gasteiger partial charge in [-0.25, -0.2) is 23.4 Å². The van der Waals surface area contributed by atoms with Crippen molar-refractivity contribution in [2.75, 3.05) is 5.32 Å². The minimum Gasteiger partial charge on any atom is -0.340 e. The van der Waals surface area contributed by atoms with Crippen molar-refractivity contribution in [2.45, 2.75) is 17.7 Å². The van der Waals surface area contributed by atoms with Gasteiger partial charge in [-0.3, -0.25) is 0 Å². The van der Waals surface area contributed by atoms with E-state index in [4.69, 9.17) is 0 Å². The number of hydrogen-bond donors (Lipinski definition) is 1. The number of sulfone groups is 1. The Bertz CT molecular complexity index is 1420. The fourth-order valence-electron chi connectivity index (χ4n) is 3.72. The van der Waals surface area contributed by atoms with Crippen LogP contribution in [0.25, 0.3) is 26.7 Å². The van der Waals surface area contributed by atoms with Crippen molar-refractivity contribution in [3.8, 4) is 0 Å². The number of fused-ring (bicyclic) bond motifs is 3. The zero-order chi connectivity index (χ0) is 18.9. The van der Waals surface area contributed by atoms with E-state index >= 15 is 0 Å². The Morgan fingerprint density at radius 2 is 1.93 bits per heavy atom. The van der Waals surface area contributed by atoms with Crippen molar-refractivity contribution >= 4 is 59.4 Å². The summed E-state index contributed by atoms with van der Waals surface area (Å²) in [5.74, 6) is 0.940. The van der Waals surface area contributed by atoms with E-state index in [1.54, 1.807) is 17.4 Å². The SMILES string of the molecule is O=S1(=O)C=C(C2CC2)c2cc3ncnc(Nc4ccc5scnc5c4)c3cc21. The number of rotatable bonds is 3. The van der Waals surface area contributed by atoms with Gasteiger partial charge in [0.25, 0.3) is 0 Å². The molecule has 6 rings (SSSR count). The normalized spacial score (nSPS) is 17.6. The molecule has 3 heterocycles. The average molecular weight is 406 g/mol. The summed E-state index contributed by atoms with van der Waals surface area (Å²) in [6, 6.07) is 9.51. The van der Waals surface area contributed by atoms with Crippen LogP contribution in [0.1, 0.15) is 18.4 Å². The summed E-state index contributed by atoms with van der Waals surface area (Å²) in [6.45, 7) is 0. The third-order valence-electron chi connectivity index (χ3n) is 5.25. The van der Waals surface area contributed by atoms with Gasteiger partial charge in [0.2, 0.25) is 9.84 Å². The summed E-state index contributed by atoms with van der Waals surface area (Å²) in [4.78, 5) is 13.4. The van der Waals surface area contributed by atoms with Gasteiger partial charge in [0.1, 0.15) is 12.1 Å². The Balaban J connectivity index is 1.49. The minimum absolute atomic E-state index is 0.356. The van der Waals surface area contributed by atoms with Crippen LogP contribution in [0.3, 0.4) is 0 Å². The van der Waals surface area contributed by atoms with Gasteiger partial charge in [0, 0.05) is 16.5 Å². The number of nitrogens with zero attached hydrogens (tertiary/aromatic N) is 3. The summed E-state index contributed by atoms with van der Waals surface area (Å²) in [5, 5.41) is 5.42. The third-order valence-corrected chi connectivity index (χ3v) is 7.57. The van der Waals surface area contributed by atoms with E-state index in [0.29, 0.717) is 22.0 Å². The topological polar surface area (TPSA) is 84.8 Å². The monoisotopic (exact) mass is 406 g/mol. The van der Waals surface area contributed by atoms with Gasteiger partial charge in [0.15, 0.2) is 0 Å². The molecule has 1 N–H and O–H groups in total. The van der Waals surface area contributed by atoms with Gasteiger partial charge >= 0.3 is 0 Å². The van der Waals surface area contributed by atoms with E-state index in [2.05, 4.69) is 20.3 Å². The molecule has 138 valence electrons. The first kappa shape index (κ1) is 16.1. The van der Waals surface area contributed by atoms with Crippen LogP contribution in [0, 0.1) is 5.92 Å². The number of thiazole rings is 1. The highest BCUT2D eigenvalue weighted by molar-refractivity contribution is 7.95. The first-order valence-electron chi connectivity index (χ1n) is 8.94. The van der Waals surface area contributed by atoms with Gasteiger partial charge in [0.05, 0.1) is 26.1 Å². The van der Waals surface area contributed by atoms with Crippen LogP contribution in [0.15, 0.2) is 52.5 Å². The highest BCUT2D eigenvalue weighted by atomic mass is 32.2. The molecule has 0 spiro atoms. The molecule has 1 aliphatic carbocycles. The fourth-order valence-corrected chi connectivity index (χ4v) is 5.93. The van der Waals surface area contributed by atoms with Crippen molar-refractivity contribution in [3.63, 3.8) is 0 Å². The number of nitrogens with one attached hydrogen (secondary N) is 1. The maximum Gasteiger partial charge on any atom is 0.200 e. The maximum atomic E-state index is 12.7. The van der Waals surface area contributed by atoms with Crippen LogP contribution in [-0.4, -0.2) is 23.4 Å². The first-order valence-corrected chi connectivity index (χ1v) is 11.4. The lowest BCUT2D eigenvalue weighted by Crippen LogP contribution is -1.99. The minimum atomic E-state index is -3.42. The van der Waals surface area contributed by atoms with Crippen molar-refractivity contribution in [1.29, 1.82) is 0 Å². The van der Waals surface area contributed by atoms with Crippen LogP contribution in [0.2, 0.25) is 0 Å². The highest BCUT2D eigenvalue weighted by Crippen LogP contribution is 2.48. The lowest BCUT2D eigenvalue weighted by atomic mass is 10.0. The summed E-state index contributed by atoms with van der Waals surface area (Å²) in [5.41, 5.74) is 6.03. The number of anilines is 2. The number of hydrogen-bond acceptors (Lipinski definition) is 7. The van der Waals surface area contributed by atoms with Crippen LogP contribution >= 0.6 is 11.3 Å². The van der Waals surface area contributed by atoms with Gasteiger partial charge < -0.3 is 5.32 Å². The van der Waals surface area contributed by atoms with Gasteiger partial charge in [-0.2, -0.15) is 0 Å². The molecule has 2 aromatic carbocycles. The molecule has 0 bridgehead atoms. The summed E-state index contributed by atoms with van der Waals surface area (Å²) >= 11 is 1.59. The Labute approximate surface area is 164 Å². The van der Waals surface area contributed by atoms with Gasteiger partial charge in [-0.15, -0.1) is 11.3 Å². The molecule has 0 saturated heterocycles. The largest absolute Gasteiger partial charge is 0.340 e. The quantitative estimate of drug-likeness (QED) is 0.538. The van der Waals surface area contributed by atoms with Crippen LogP contribution in [0.5, 0.6) is 0 Å². The van der Waals surface area contributed by atoms with Crippen LogP contribution in [-0.2, 0) is 9.84 Å². The molecule has 28 heavy (non-hydrogen) atoms. The van der Waals surface area contributed by atoms with Crippen LogP contribution in [0.4, 0.5) is 11.5 Å². The summed E-state index contributed by atoms with van der Waals surface area (Å²) in [7, 11) is -3.42. The second-order valence-electron chi connectivity index (χ2n) is 7.14. The molecule has 4 aromatic rings. The molecule has 2 aliphatic rings. The molecule has 0 radical (unpaired) electrons. The van der Waals surface area contributed by atoms with Crippen molar-refractivity contribution in [3.05, 3.63) is 53.1 Å². The van der Waals surface area contributed by atoms with E-state index in [9.17, 15) is 8.42 Å². The average Bonchev–Trinajstić information content (AvgIpc) is 3.36. The van der Waals surface area contributed by atoms with E-state index in [1.807, 2.05) is 29.8 Å². The van der Waals surface area contributed by atoms with E-state index in [1.165, 1.54) is 11.7 Å². The molecule has 6 nitrogen and oxygen atoms in total. The Morgan fingerprint density at radius 1 is 1.04 bits per heavy atom. The molecular weight excluding hydrogens is 392 g/mol. The zero-order valence-corrected chi connectivity index (χ0v) is 16.2. The maximum absolute atomic E-state index is 12.7. The lowest BCUT2D eigenvalue weighted by molar-refractivity contribution is 0.605. The summed E-state index contributed by atoms with van der Waals surface area (Å²) < 4.78 is 26.5. The Kier molecular flexibility index (Phi) is 3.22. The molecule has 8 heteroatoms. The molecule has 0 amide bonds. The number of aromatic nitrogens is 3. The van der Waals surface area contributed by atoms with E-state index in [-0.39, 0.29) is 0 Å². The van der Waals surface area contributed by atoms with E-state index < -0.39 is 9.84 Å². The third kappa shape index (κ3) is 2.45. The molecule has 0 unspecified atom stereocenters. The molecular formula is C20H14N4O2S2. The van der Waals surface area contributed by atoms with E-state index in [0.717, 1.165) is 45.4 Å². The summed E-state index contributed by atoms with van der Waals surface area (Å²) in [6.07, 6.45) is 3.60. The second-order valence-corrected chi connectivity index (χ2v) is 9.79. The van der Waals surface area contributed by atoms with Crippen molar-refractivity contribution < 1.29 is 8.42 Å². The van der Waals surface area contributed by atoms with Crippen LogP contribution < -0.4 is 5.32 Å². The highest BCUT2D eigenvalue weighted by Gasteiger charge is 2.36. The molecule has 0 atom stereocenters. The molecule has 1 aliphatic heterocycles. The lowest BCUT2D eigenvalue weighted by Gasteiger charge is -2.11. The first-order chi connectivity index (χ1) is 13.6. The zero-order valence-electron chi connectivity index (χ0n) is 14.6. The Morgan fingerprint density at radius 3 is 2.79 bits per heavy atom. The number of benzene rings is 2. The van der Waals surface area contributed by atoms with Gasteiger partial charge in [-0.1, -0.05) is 0 Å². The number of allylic oxidation sites excluding steroid dienone is 1. The predicted molar refractivity (Wildman–Crippen MR) is 110 cm³/mol.